The summed E-state index contributed by atoms with van der Waals surface area (Å²) in [6.45, 7) is 2.08. The lowest BCUT2D eigenvalue weighted by Crippen LogP contribution is -2.32. The zero-order valence-corrected chi connectivity index (χ0v) is 17.8. The molecule has 3 rings (SSSR count). The van der Waals surface area contributed by atoms with Gasteiger partial charge in [-0.1, -0.05) is 30.3 Å². The van der Waals surface area contributed by atoms with E-state index in [1.165, 1.54) is 12.1 Å². The molecule has 0 aliphatic rings. The molecule has 0 saturated carbocycles. The largest absolute Gasteiger partial charge is 0.497 e. The van der Waals surface area contributed by atoms with E-state index in [0.717, 1.165) is 26.9 Å². The number of carbonyl (C=O) groups is 1. The number of rotatable bonds is 7. The fraction of sp³-hybridized carbons (Fsp3) is 0.174. The maximum Gasteiger partial charge on any atom is 0.238 e. The topological polar surface area (TPSA) is 50.4 Å². The SMILES string of the molecule is COc1ccc(C(NCC(=O)Nc2ccc(C)cc2Br)c2ccc(F)cc2)cc1. The van der Waals surface area contributed by atoms with Gasteiger partial charge in [0.1, 0.15) is 11.6 Å². The zero-order chi connectivity index (χ0) is 20.8. The Morgan fingerprint density at radius 1 is 1.03 bits per heavy atom. The van der Waals surface area contributed by atoms with E-state index in [2.05, 4.69) is 26.6 Å². The third-order valence-electron chi connectivity index (χ3n) is 4.52. The number of benzene rings is 3. The minimum absolute atomic E-state index is 0.0917. The molecular formula is C23H22BrFN2O2. The molecule has 1 unspecified atom stereocenters. The van der Waals surface area contributed by atoms with E-state index >= 15 is 0 Å². The van der Waals surface area contributed by atoms with E-state index in [-0.39, 0.29) is 24.3 Å². The number of aryl methyl sites for hydroxylation is 1. The minimum atomic E-state index is -0.302. The van der Waals surface area contributed by atoms with Crippen molar-refractivity contribution in [3.05, 3.63) is 93.7 Å². The van der Waals surface area contributed by atoms with Crippen molar-refractivity contribution in [3.8, 4) is 5.75 Å². The Balaban J connectivity index is 1.75. The van der Waals surface area contributed by atoms with Crippen LogP contribution in [0.25, 0.3) is 0 Å². The van der Waals surface area contributed by atoms with Crippen molar-refractivity contribution in [2.75, 3.05) is 19.0 Å². The Bertz CT molecular complexity index is 975. The predicted octanol–water partition coefficient (Wildman–Crippen LogP) is 5.22. The average Bonchev–Trinajstić information content (AvgIpc) is 2.72. The first kappa shape index (κ1) is 21.0. The van der Waals surface area contributed by atoms with Crippen LogP contribution in [0.2, 0.25) is 0 Å². The van der Waals surface area contributed by atoms with Gasteiger partial charge >= 0.3 is 0 Å². The van der Waals surface area contributed by atoms with Crippen LogP contribution in [0.5, 0.6) is 5.75 Å². The van der Waals surface area contributed by atoms with Crippen LogP contribution in [0, 0.1) is 12.7 Å². The Morgan fingerprint density at radius 3 is 2.24 bits per heavy atom. The summed E-state index contributed by atoms with van der Waals surface area (Å²) in [5, 5.41) is 6.16. The first-order valence-corrected chi connectivity index (χ1v) is 9.94. The molecule has 0 aliphatic carbocycles. The maximum absolute atomic E-state index is 13.4. The second-order valence-corrected chi connectivity index (χ2v) is 7.52. The fourth-order valence-electron chi connectivity index (χ4n) is 2.99. The van der Waals surface area contributed by atoms with Gasteiger partial charge in [-0.15, -0.1) is 0 Å². The molecule has 3 aromatic rings. The second-order valence-electron chi connectivity index (χ2n) is 6.67. The van der Waals surface area contributed by atoms with Gasteiger partial charge in [-0.05, 0) is 75.9 Å². The van der Waals surface area contributed by atoms with E-state index in [4.69, 9.17) is 4.74 Å². The lowest BCUT2D eigenvalue weighted by Gasteiger charge is -2.20. The van der Waals surface area contributed by atoms with Crippen molar-refractivity contribution in [1.82, 2.24) is 5.32 Å². The second kappa shape index (κ2) is 9.67. The molecule has 0 heterocycles. The van der Waals surface area contributed by atoms with Crippen LogP contribution in [0.4, 0.5) is 10.1 Å². The lowest BCUT2D eigenvalue weighted by molar-refractivity contribution is -0.115. The van der Waals surface area contributed by atoms with Gasteiger partial charge in [0.15, 0.2) is 0 Å². The highest BCUT2D eigenvalue weighted by molar-refractivity contribution is 9.10. The number of amides is 1. The molecule has 0 spiro atoms. The van der Waals surface area contributed by atoms with Crippen molar-refractivity contribution in [3.63, 3.8) is 0 Å². The summed E-state index contributed by atoms with van der Waals surface area (Å²) in [7, 11) is 1.61. The van der Waals surface area contributed by atoms with Crippen molar-refractivity contribution in [1.29, 1.82) is 0 Å². The number of hydrogen-bond acceptors (Lipinski definition) is 3. The number of carbonyl (C=O) groups excluding carboxylic acids is 1. The molecular weight excluding hydrogens is 435 g/mol. The van der Waals surface area contributed by atoms with Crippen LogP contribution in [-0.4, -0.2) is 19.6 Å². The Morgan fingerprint density at radius 2 is 1.66 bits per heavy atom. The predicted molar refractivity (Wildman–Crippen MR) is 117 cm³/mol. The molecule has 0 radical (unpaired) electrons. The van der Waals surface area contributed by atoms with Crippen molar-refractivity contribution < 1.29 is 13.9 Å². The molecule has 0 aliphatic heterocycles. The van der Waals surface area contributed by atoms with E-state index in [0.29, 0.717) is 5.69 Å². The standard InChI is InChI=1S/C23H22BrFN2O2/c1-15-3-12-21(20(24)13-15)27-22(28)14-26-23(16-4-8-18(25)9-5-16)17-6-10-19(29-2)11-7-17/h3-13,23,26H,14H2,1-2H3,(H,27,28). The lowest BCUT2D eigenvalue weighted by atomic mass is 9.98. The smallest absolute Gasteiger partial charge is 0.238 e. The fourth-order valence-corrected chi connectivity index (χ4v) is 3.58. The molecule has 0 bridgehead atoms. The van der Waals surface area contributed by atoms with Crippen LogP contribution in [0.3, 0.4) is 0 Å². The van der Waals surface area contributed by atoms with E-state index in [1.54, 1.807) is 19.2 Å². The maximum atomic E-state index is 13.4. The number of nitrogens with one attached hydrogen (secondary N) is 2. The van der Waals surface area contributed by atoms with Crippen LogP contribution in [0.15, 0.2) is 71.2 Å². The molecule has 4 nitrogen and oxygen atoms in total. The van der Waals surface area contributed by atoms with Crippen LogP contribution in [-0.2, 0) is 4.79 Å². The molecule has 0 fully saturated rings. The Kier molecular flexibility index (Phi) is 7.01. The summed E-state index contributed by atoms with van der Waals surface area (Å²) in [6, 6.07) is 19.3. The van der Waals surface area contributed by atoms with Crippen molar-refractivity contribution in [2.45, 2.75) is 13.0 Å². The highest BCUT2D eigenvalue weighted by Gasteiger charge is 2.16. The van der Waals surface area contributed by atoms with Crippen LogP contribution in [0.1, 0.15) is 22.7 Å². The number of hydrogen-bond donors (Lipinski definition) is 2. The monoisotopic (exact) mass is 456 g/mol. The molecule has 1 atom stereocenters. The summed E-state index contributed by atoms with van der Waals surface area (Å²) < 4.78 is 19.4. The number of ether oxygens (including phenoxy) is 1. The molecule has 150 valence electrons. The highest BCUT2D eigenvalue weighted by atomic mass is 79.9. The van der Waals surface area contributed by atoms with Gasteiger partial charge in [0.05, 0.1) is 25.4 Å². The van der Waals surface area contributed by atoms with Crippen LogP contribution >= 0.6 is 15.9 Å². The van der Waals surface area contributed by atoms with Crippen molar-refractivity contribution >= 4 is 27.5 Å². The van der Waals surface area contributed by atoms with E-state index in [9.17, 15) is 9.18 Å². The van der Waals surface area contributed by atoms with Crippen LogP contribution < -0.4 is 15.4 Å². The zero-order valence-electron chi connectivity index (χ0n) is 16.2. The van der Waals surface area contributed by atoms with Gasteiger partial charge in [-0.2, -0.15) is 0 Å². The number of methoxy groups -OCH3 is 1. The van der Waals surface area contributed by atoms with Gasteiger partial charge in [-0.3, -0.25) is 10.1 Å². The molecule has 2 N–H and O–H groups in total. The minimum Gasteiger partial charge on any atom is -0.497 e. The third-order valence-corrected chi connectivity index (χ3v) is 5.17. The van der Waals surface area contributed by atoms with Gasteiger partial charge in [0, 0.05) is 4.47 Å². The Hall–Kier alpha value is -2.70. The number of halogens is 2. The first-order chi connectivity index (χ1) is 14.0. The first-order valence-electron chi connectivity index (χ1n) is 9.15. The molecule has 29 heavy (non-hydrogen) atoms. The van der Waals surface area contributed by atoms with Gasteiger partial charge in [-0.25, -0.2) is 4.39 Å². The summed E-state index contributed by atoms with van der Waals surface area (Å²) in [4.78, 5) is 12.5. The van der Waals surface area contributed by atoms with Crippen molar-refractivity contribution in [2.24, 2.45) is 0 Å². The summed E-state index contributed by atoms with van der Waals surface area (Å²) in [5.74, 6) is 0.271. The molecule has 6 heteroatoms. The molecule has 3 aromatic carbocycles. The van der Waals surface area contributed by atoms with Gasteiger partial charge in [0.25, 0.3) is 0 Å². The summed E-state index contributed by atoms with van der Waals surface area (Å²) >= 11 is 3.47. The van der Waals surface area contributed by atoms with Gasteiger partial charge in [0.2, 0.25) is 5.91 Å². The van der Waals surface area contributed by atoms with E-state index < -0.39 is 0 Å². The Labute approximate surface area is 178 Å². The molecule has 0 saturated heterocycles. The normalized spacial score (nSPS) is 11.7. The van der Waals surface area contributed by atoms with E-state index in [1.807, 2.05) is 49.4 Å². The quantitative estimate of drug-likeness (QED) is 0.512. The van der Waals surface area contributed by atoms with Gasteiger partial charge < -0.3 is 10.1 Å². The third kappa shape index (κ3) is 5.65. The molecule has 0 aromatic heterocycles. The summed E-state index contributed by atoms with van der Waals surface area (Å²) in [5.41, 5.74) is 3.62. The highest BCUT2D eigenvalue weighted by Crippen LogP contribution is 2.25. The number of anilines is 1. The molecule has 1 amide bonds. The average molecular weight is 457 g/mol. The summed E-state index contributed by atoms with van der Waals surface area (Å²) in [6.07, 6.45) is 0.